The van der Waals surface area contributed by atoms with Crippen LogP contribution in [0.2, 0.25) is 0 Å². The highest BCUT2D eigenvalue weighted by Gasteiger charge is 2.42. The molecule has 58 heavy (non-hydrogen) atoms. The molecule has 7 atom stereocenters. The summed E-state index contributed by atoms with van der Waals surface area (Å²) < 4.78 is 16.9. The first-order valence-electron chi connectivity index (χ1n) is 18.7. The summed E-state index contributed by atoms with van der Waals surface area (Å²) >= 11 is 0. The Bertz CT molecular complexity index is 2010. The number of amides is 6. The first-order chi connectivity index (χ1) is 27.6. The lowest BCUT2D eigenvalue weighted by atomic mass is 9.96. The summed E-state index contributed by atoms with van der Waals surface area (Å²) in [6.45, 7) is 1.91. The molecule has 6 rings (SSSR count). The van der Waals surface area contributed by atoms with Gasteiger partial charge >= 0.3 is 0 Å². The van der Waals surface area contributed by atoms with Crippen molar-refractivity contribution >= 4 is 35.4 Å². The Kier molecular flexibility index (Phi) is 13.6. The zero-order chi connectivity index (χ0) is 42.4. The predicted octanol–water partition coefficient (Wildman–Crippen LogP) is 0.309. The predicted molar refractivity (Wildman–Crippen MR) is 209 cm³/mol. The van der Waals surface area contributed by atoms with Crippen molar-refractivity contribution in [2.24, 2.45) is 0 Å². The molecule has 0 aromatic heterocycles. The molecule has 1 saturated heterocycles. The van der Waals surface area contributed by atoms with Gasteiger partial charge in [0.25, 0.3) is 0 Å². The molecular formula is C41H50N6O11. The molecule has 6 amide bonds. The maximum atomic E-state index is 14.7. The molecule has 0 saturated carbocycles. The summed E-state index contributed by atoms with van der Waals surface area (Å²) in [5.74, 6) is -3.17. The zero-order valence-electron chi connectivity index (χ0n) is 33.4. The van der Waals surface area contributed by atoms with Crippen LogP contribution in [-0.4, -0.2) is 139 Å². The lowest BCUT2D eigenvalue weighted by Gasteiger charge is -2.38. The van der Waals surface area contributed by atoms with E-state index in [1.807, 2.05) is 0 Å². The summed E-state index contributed by atoms with van der Waals surface area (Å²) in [7, 11) is 6.94. The number of nitrogens with zero attached hydrogens (tertiary/aromatic N) is 3. The first kappa shape index (κ1) is 42.9. The maximum absolute atomic E-state index is 14.7. The van der Waals surface area contributed by atoms with Gasteiger partial charge in [0, 0.05) is 34.0 Å². The number of aliphatic hydroxyl groups is 2. The molecule has 6 bridgehead atoms. The summed E-state index contributed by atoms with van der Waals surface area (Å²) in [6, 6.07) is 9.59. The second kappa shape index (κ2) is 18.4. The van der Waals surface area contributed by atoms with E-state index in [0.29, 0.717) is 34.1 Å². The summed E-state index contributed by atoms with van der Waals surface area (Å²) in [5, 5.41) is 29.9. The number of benzene rings is 3. The van der Waals surface area contributed by atoms with Gasteiger partial charge in [0.05, 0.1) is 20.8 Å². The molecular weight excluding hydrogens is 752 g/mol. The minimum atomic E-state index is -1.64. The van der Waals surface area contributed by atoms with E-state index in [9.17, 15) is 39.0 Å². The largest absolute Gasteiger partial charge is 0.497 e. The van der Waals surface area contributed by atoms with Crippen molar-refractivity contribution in [3.05, 3.63) is 83.4 Å². The highest BCUT2D eigenvalue weighted by atomic mass is 16.5. The average molecular weight is 803 g/mol. The Morgan fingerprint density at radius 3 is 2.00 bits per heavy atom. The van der Waals surface area contributed by atoms with Crippen molar-refractivity contribution in [1.29, 1.82) is 0 Å². The lowest BCUT2D eigenvalue weighted by Crippen LogP contribution is -2.62. The summed E-state index contributed by atoms with van der Waals surface area (Å²) in [5.41, 5.74) is 1.38. The number of carbonyl (C=O) groups excluding carboxylic acids is 6. The molecule has 17 nitrogen and oxygen atoms in total. The van der Waals surface area contributed by atoms with E-state index in [1.165, 1.54) is 61.3 Å². The van der Waals surface area contributed by atoms with Gasteiger partial charge in [0.2, 0.25) is 35.4 Å². The van der Waals surface area contributed by atoms with Gasteiger partial charge in [-0.05, 0) is 66.9 Å². The number of fused-ring (bicyclic) bond motifs is 2. The number of hydrogen-bond acceptors (Lipinski definition) is 11. The third-order valence-electron chi connectivity index (χ3n) is 10.5. The van der Waals surface area contributed by atoms with Crippen LogP contribution in [0.25, 0.3) is 0 Å². The van der Waals surface area contributed by atoms with Crippen molar-refractivity contribution < 1.29 is 53.2 Å². The summed E-state index contributed by atoms with van der Waals surface area (Å²) in [6.07, 6.45) is -1.81. The van der Waals surface area contributed by atoms with Gasteiger partial charge in [0.1, 0.15) is 53.9 Å². The normalized spacial score (nSPS) is 25.2. The van der Waals surface area contributed by atoms with Gasteiger partial charge in [-0.1, -0.05) is 30.3 Å². The Morgan fingerprint density at radius 1 is 0.724 bits per heavy atom. The molecule has 3 heterocycles. The zero-order valence-corrected chi connectivity index (χ0v) is 33.4. The number of likely N-dealkylation sites (N-methyl/N-ethyl adjacent to an activating group) is 3. The molecule has 3 aliphatic heterocycles. The van der Waals surface area contributed by atoms with E-state index in [0.717, 1.165) is 14.7 Å². The Morgan fingerprint density at radius 2 is 1.38 bits per heavy atom. The molecule has 3 aliphatic rings. The Labute approximate surface area is 336 Å². The van der Waals surface area contributed by atoms with Crippen LogP contribution in [-0.2, 0) is 41.6 Å². The van der Waals surface area contributed by atoms with Gasteiger partial charge in [0.15, 0.2) is 11.5 Å². The standard InChI is InChI=1S/C41H50N6O11/c1-22-36(50)44-29(21-48)40(54)45(3)30(18-24-8-13-27(56-6)14-9-24)38(52)43-23(2)39(53)47(5)34-35(49)26-11-15-28(16-12-26)58-33-20-25(10-17-32(33)57-7)19-31(37(51)42-22)46(4)41(34)55/h8-17,20,22-23,29-31,34-35,48-49H,18-19,21H2,1-7H3,(H,42,51)(H,43,52)(H,44,50)/t22-,23+,29+,30+,31+,34+,35+/m1/s1. The van der Waals surface area contributed by atoms with Crippen molar-refractivity contribution in [1.82, 2.24) is 30.7 Å². The molecule has 0 aliphatic carbocycles. The molecule has 0 radical (unpaired) electrons. The number of rotatable bonds is 5. The van der Waals surface area contributed by atoms with Crippen LogP contribution in [0.3, 0.4) is 0 Å². The van der Waals surface area contributed by atoms with Gasteiger partial charge in [-0.2, -0.15) is 0 Å². The van der Waals surface area contributed by atoms with Gasteiger partial charge in [-0.3, -0.25) is 28.8 Å². The number of carbonyl (C=O) groups is 6. The third-order valence-corrected chi connectivity index (χ3v) is 10.5. The number of hydrogen-bond donors (Lipinski definition) is 5. The van der Waals surface area contributed by atoms with Crippen LogP contribution in [0.15, 0.2) is 66.7 Å². The molecule has 1 fully saturated rings. The third kappa shape index (κ3) is 9.32. The van der Waals surface area contributed by atoms with E-state index < -0.39 is 84.4 Å². The topological polar surface area (TPSA) is 216 Å². The van der Waals surface area contributed by atoms with E-state index >= 15 is 0 Å². The second-order valence-corrected chi connectivity index (χ2v) is 14.4. The molecule has 17 heteroatoms. The Balaban J connectivity index is 1.61. The Hall–Kier alpha value is -6.20. The average Bonchev–Trinajstić information content (AvgIpc) is 3.22. The maximum Gasteiger partial charge on any atom is 0.248 e. The van der Waals surface area contributed by atoms with E-state index in [4.69, 9.17) is 14.2 Å². The number of methoxy groups -OCH3 is 2. The number of ether oxygens (including phenoxy) is 3. The van der Waals surface area contributed by atoms with Gasteiger partial charge in [-0.15, -0.1) is 0 Å². The van der Waals surface area contributed by atoms with Crippen molar-refractivity contribution in [3.63, 3.8) is 0 Å². The van der Waals surface area contributed by atoms with E-state index in [-0.39, 0.29) is 18.4 Å². The molecule has 0 unspecified atom stereocenters. The quantitative estimate of drug-likeness (QED) is 0.237. The van der Waals surface area contributed by atoms with Crippen molar-refractivity contribution in [2.75, 3.05) is 42.0 Å². The monoisotopic (exact) mass is 802 g/mol. The van der Waals surface area contributed by atoms with E-state index in [2.05, 4.69) is 16.0 Å². The molecule has 3 aromatic carbocycles. The van der Waals surface area contributed by atoms with Gasteiger partial charge < -0.3 is 55.1 Å². The minimum Gasteiger partial charge on any atom is -0.497 e. The van der Waals surface area contributed by atoms with Gasteiger partial charge in [-0.25, -0.2) is 0 Å². The smallest absolute Gasteiger partial charge is 0.248 e. The fourth-order valence-corrected chi connectivity index (χ4v) is 6.93. The lowest BCUT2D eigenvalue weighted by molar-refractivity contribution is -0.153. The van der Waals surface area contributed by atoms with Crippen LogP contribution in [0.1, 0.15) is 36.6 Å². The van der Waals surface area contributed by atoms with Crippen LogP contribution in [0.4, 0.5) is 0 Å². The van der Waals surface area contributed by atoms with E-state index in [1.54, 1.807) is 54.6 Å². The molecule has 0 spiro atoms. The van der Waals surface area contributed by atoms with Crippen molar-refractivity contribution in [2.45, 2.75) is 69.0 Å². The highest BCUT2D eigenvalue weighted by molar-refractivity contribution is 5.98. The van der Waals surface area contributed by atoms with Crippen molar-refractivity contribution in [3.8, 4) is 23.0 Å². The fourth-order valence-electron chi connectivity index (χ4n) is 6.93. The SMILES string of the molecule is COc1ccc(C[C@H]2C(=O)N[C@@H](C)C(=O)N(C)[C@@H]3C(=O)N(C)[C@@H](Cc4ccc(OC)c(c4)Oc4ccc(cc4)[C@@H]3O)C(=O)N[C@H](C)C(=O)N[C@@H](CO)C(=O)N2C)cc1. The highest BCUT2D eigenvalue weighted by Crippen LogP contribution is 2.35. The number of aliphatic hydroxyl groups excluding tert-OH is 2. The minimum absolute atomic E-state index is 0.0468. The fraction of sp³-hybridized carbons (Fsp3) is 0.415. The molecule has 5 N–H and O–H groups in total. The molecule has 310 valence electrons. The van der Waals surface area contributed by atoms with Crippen LogP contribution >= 0.6 is 0 Å². The summed E-state index contributed by atoms with van der Waals surface area (Å²) in [4.78, 5) is 87.9. The first-order valence-corrected chi connectivity index (χ1v) is 18.7. The number of nitrogens with one attached hydrogen (secondary N) is 3. The second-order valence-electron chi connectivity index (χ2n) is 14.4. The van der Waals surface area contributed by atoms with Crippen LogP contribution in [0, 0.1) is 0 Å². The molecule has 3 aromatic rings. The van der Waals surface area contributed by atoms with Crippen LogP contribution < -0.4 is 30.2 Å². The van der Waals surface area contributed by atoms with Crippen LogP contribution in [0.5, 0.6) is 23.0 Å².